The molecule has 0 aromatic heterocycles. The summed E-state index contributed by atoms with van der Waals surface area (Å²) in [5.41, 5.74) is 2.30. The Morgan fingerprint density at radius 3 is 2.32 bits per heavy atom. The number of benzene rings is 3. The molecule has 0 saturated heterocycles. The van der Waals surface area contributed by atoms with Gasteiger partial charge in [0.05, 0.1) is 12.7 Å². The van der Waals surface area contributed by atoms with Gasteiger partial charge >= 0.3 is 5.97 Å². The van der Waals surface area contributed by atoms with Crippen LogP contribution in [0.3, 0.4) is 0 Å². The molecule has 0 saturated carbocycles. The Bertz CT molecular complexity index is 1090. The number of hydrogen-bond acceptors (Lipinski definition) is 5. The van der Waals surface area contributed by atoms with Gasteiger partial charge in [0.2, 0.25) is 0 Å². The van der Waals surface area contributed by atoms with E-state index < -0.39 is 5.97 Å². The average molecular weight is 418 g/mol. The van der Waals surface area contributed by atoms with Crippen LogP contribution in [0.2, 0.25) is 0 Å². The Morgan fingerprint density at radius 1 is 0.871 bits per heavy atom. The Kier molecular flexibility index (Phi) is 7.01. The molecule has 0 atom stereocenters. The van der Waals surface area contributed by atoms with Crippen molar-refractivity contribution in [3.63, 3.8) is 0 Å². The zero-order valence-electron chi connectivity index (χ0n) is 17.2. The van der Waals surface area contributed by atoms with Gasteiger partial charge in [-0.3, -0.25) is 14.4 Å². The molecule has 3 aromatic rings. The smallest absolute Gasteiger partial charge is 0.308 e. The van der Waals surface area contributed by atoms with Crippen LogP contribution in [-0.2, 0) is 11.3 Å². The quantitative estimate of drug-likeness (QED) is 0.450. The van der Waals surface area contributed by atoms with E-state index in [1.54, 1.807) is 54.6 Å². The van der Waals surface area contributed by atoms with Gasteiger partial charge in [0.1, 0.15) is 11.5 Å². The summed E-state index contributed by atoms with van der Waals surface area (Å²) < 4.78 is 10.2. The molecule has 3 rings (SSSR count). The van der Waals surface area contributed by atoms with Gasteiger partial charge in [-0.2, -0.15) is 0 Å². The molecule has 2 amide bonds. The van der Waals surface area contributed by atoms with E-state index in [1.165, 1.54) is 20.1 Å². The molecule has 0 bridgehead atoms. The van der Waals surface area contributed by atoms with Crippen LogP contribution in [0.5, 0.6) is 11.5 Å². The van der Waals surface area contributed by atoms with E-state index in [9.17, 15) is 14.4 Å². The standard InChI is InChI=1S/C24H22N2O5/c1-16(27)31-20-7-5-6-18(14-20)23(28)26-19-12-10-17(11-13-19)15-25-24(29)21-8-3-4-9-22(21)30-2/h3-14H,15H2,1-2H3,(H,25,29)(H,26,28). The molecule has 2 N–H and O–H groups in total. The molecule has 0 spiro atoms. The van der Waals surface area contributed by atoms with E-state index in [0.29, 0.717) is 34.9 Å². The fourth-order valence-electron chi connectivity index (χ4n) is 2.89. The second kappa shape index (κ2) is 10.1. The van der Waals surface area contributed by atoms with Crippen molar-refractivity contribution in [2.75, 3.05) is 12.4 Å². The monoisotopic (exact) mass is 418 g/mol. The Hall–Kier alpha value is -4.13. The van der Waals surface area contributed by atoms with Crippen molar-refractivity contribution in [2.24, 2.45) is 0 Å². The van der Waals surface area contributed by atoms with E-state index in [-0.39, 0.29) is 11.8 Å². The van der Waals surface area contributed by atoms with E-state index in [2.05, 4.69) is 10.6 Å². The molecule has 7 nitrogen and oxygen atoms in total. The van der Waals surface area contributed by atoms with Crippen LogP contribution in [0.25, 0.3) is 0 Å². The molecule has 158 valence electrons. The fraction of sp³-hybridized carbons (Fsp3) is 0.125. The van der Waals surface area contributed by atoms with Crippen LogP contribution in [-0.4, -0.2) is 24.9 Å². The maximum atomic E-state index is 12.4. The van der Waals surface area contributed by atoms with Crippen molar-refractivity contribution in [3.8, 4) is 11.5 Å². The zero-order chi connectivity index (χ0) is 22.2. The van der Waals surface area contributed by atoms with Crippen molar-refractivity contribution in [3.05, 3.63) is 89.5 Å². The first-order valence-electron chi connectivity index (χ1n) is 9.56. The number of ether oxygens (including phenoxy) is 2. The highest BCUT2D eigenvalue weighted by atomic mass is 16.5. The van der Waals surface area contributed by atoms with Crippen LogP contribution in [0.1, 0.15) is 33.2 Å². The lowest BCUT2D eigenvalue weighted by Gasteiger charge is -2.10. The first-order valence-corrected chi connectivity index (χ1v) is 9.56. The predicted octanol–water partition coefficient (Wildman–Crippen LogP) is 3.80. The van der Waals surface area contributed by atoms with E-state index in [0.717, 1.165) is 5.56 Å². The maximum Gasteiger partial charge on any atom is 0.308 e. The number of amides is 2. The molecule has 0 unspecified atom stereocenters. The molecule has 3 aromatic carbocycles. The molecule has 31 heavy (non-hydrogen) atoms. The van der Waals surface area contributed by atoms with Crippen LogP contribution in [0.15, 0.2) is 72.8 Å². The Morgan fingerprint density at radius 2 is 1.61 bits per heavy atom. The number of methoxy groups -OCH3 is 1. The number of anilines is 1. The summed E-state index contributed by atoms with van der Waals surface area (Å²) in [6, 6.07) is 20.5. The van der Waals surface area contributed by atoms with Gasteiger partial charge in [0.15, 0.2) is 0 Å². The molecule has 0 aliphatic carbocycles. The Balaban J connectivity index is 1.58. The van der Waals surface area contributed by atoms with Gasteiger partial charge in [0, 0.05) is 24.7 Å². The fourth-order valence-corrected chi connectivity index (χ4v) is 2.89. The van der Waals surface area contributed by atoms with Crippen LogP contribution >= 0.6 is 0 Å². The number of esters is 1. The largest absolute Gasteiger partial charge is 0.496 e. The number of carbonyl (C=O) groups excluding carboxylic acids is 3. The SMILES string of the molecule is COc1ccccc1C(=O)NCc1ccc(NC(=O)c2cccc(OC(C)=O)c2)cc1. The third-order valence-corrected chi connectivity index (χ3v) is 4.37. The zero-order valence-corrected chi connectivity index (χ0v) is 17.2. The van der Waals surface area contributed by atoms with Crippen LogP contribution in [0.4, 0.5) is 5.69 Å². The summed E-state index contributed by atoms with van der Waals surface area (Å²) in [6.45, 7) is 1.63. The van der Waals surface area contributed by atoms with Crippen molar-refractivity contribution < 1.29 is 23.9 Å². The number of para-hydroxylation sites is 1. The predicted molar refractivity (Wildman–Crippen MR) is 116 cm³/mol. The Labute approximate surface area is 180 Å². The minimum Gasteiger partial charge on any atom is -0.496 e. The first kappa shape index (κ1) is 21.6. The lowest BCUT2D eigenvalue weighted by molar-refractivity contribution is -0.131. The third-order valence-electron chi connectivity index (χ3n) is 4.37. The summed E-state index contributed by atoms with van der Waals surface area (Å²) in [5.74, 6) is -0.197. The topological polar surface area (TPSA) is 93.7 Å². The second-order valence-electron chi connectivity index (χ2n) is 6.66. The van der Waals surface area contributed by atoms with Crippen LogP contribution in [0, 0.1) is 0 Å². The van der Waals surface area contributed by atoms with Crippen molar-refractivity contribution >= 4 is 23.5 Å². The molecule has 0 aliphatic heterocycles. The minimum atomic E-state index is -0.453. The lowest BCUT2D eigenvalue weighted by Crippen LogP contribution is -2.23. The van der Waals surface area contributed by atoms with E-state index in [4.69, 9.17) is 9.47 Å². The summed E-state index contributed by atoms with van der Waals surface area (Å²) in [4.78, 5) is 35.9. The number of hydrogen-bond donors (Lipinski definition) is 2. The summed E-state index contributed by atoms with van der Waals surface area (Å²) in [6.07, 6.45) is 0. The van der Waals surface area contributed by atoms with Gasteiger partial charge < -0.3 is 20.1 Å². The molecular weight excluding hydrogens is 396 g/mol. The molecule has 0 aliphatic rings. The molecule has 0 radical (unpaired) electrons. The highest BCUT2D eigenvalue weighted by Gasteiger charge is 2.11. The number of nitrogens with one attached hydrogen (secondary N) is 2. The molecule has 7 heteroatoms. The average Bonchev–Trinajstić information content (AvgIpc) is 2.78. The summed E-state index contributed by atoms with van der Waals surface area (Å²) in [7, 11) is 1.52. The van der Waals surface area contributed by atoms with Gasteiger partial charge in [-0.05, 0) is 48.0 Å². The van der Waals surface area contributed by atoms with Crippen molar-refractivity contribution in [2.45, 2.75) is 13.5 Å². The second-order valence-corrected chi connectivity index (χ2v) is 6.66. The first-order chi connectivity index (χ1) is 15.0. The van der Waals surface area contributed by atoms with Crippen LogP contribution < -0.4 is 20.1 Å². The number of carbonyl (C=O) groups is 3. The van der Waals surface area contributed by atoms with Gasteiger partial charge in [-0.25, -0.2) is 0 Å². The lowest BCUT2D eigenvalue weighted by atomic mass is 10.1. The van der Waals surface area contributed by atoms with E-state index >= 15 is 0 Å². The minimum absolute atomic E-state index is 0.234. The summed E-state index contributed by atoms with van der Waals surface area (Å²) in [5, 5.41) is 5.64. The summed E-state index contributed by atoms with van der Waals surface area (Å²) >= 11 is 0. The van der Waals surface area contributed by atoms with E-state index in [1.807, 2.05) is 12.1 Å². The van der Waals surface area contributed by atoms with Gasteiger partial charge in [-0.15, -0.1) is 0 Å². The maximum absolute atomic E-state index is 12.4. The third kappa shape index (κ3) is 5.93. The normalized spacial score (nSPS) is 10.1. The number of rotatable bonds is 7. The van der Waals surface area contributed by atoms with Crippen molar-refractivity contribution in [1.29, 1.82) is 0 Å². The highest BCUT2D eigenvalue weighted by Crippen LogP contribution is 2.18. The molecule has 0 fully saturated rings. The van der Waals surface area contributed by atoms with Gasteiger partial charge in [-0.1, -0.05) is 30.3 Å². The highest BCUT2D eigenvalue weighted by molar-refractivity contribution is 6.04. The van der Waals surface area contributed by atoms with Crippen molar-refractivity contribution in [1.82, 2.24) is 5.32 Å². The molecule has 0 heterocycles. The van der Waals surface area contributed by atoms with Gasteiger partial charge in [0.25, 0.3) is 11.8 Å². The molecular formula is C24H22N2O5.